The lowest BCUT2D eigenvalue weighted by Gasteiger charge is -2.38. The van der Waals surface area contributed by atoms with Crippen LogP contribution in [0.15, 0.2) is 30.3 Å². The van der Waals surface area contributed by atoms with Crippen LogP contribution in [0.25, 0.3) is 0 Å². The van der Waals surface area contributed by atoms with Crippen LogP contribution in [0.1, 0.15) is 50.5 Å². The molecule has 0 aromatic heterocycles. The van der Waals surface area contributed by atoms with E-state index in [1.807, 2.05) is 35.3 Å². The maximum atomic E-state index is 12.0. The van der Waals surface area contributed by atoms with Gasteiger partial charge in [-0.25, -0.2) is 9.80 Å². The minimum Gasteiger partial charge on any atom is -0.444 e. The van der Waals surface area contributed by atoms with Crippen LogP contribution in [-0.2, 0) is 20.8 Å². The highest BCUT2D eigenvalue weighted by atomic mass is 16.7. The van der Waals surface area contributed by atoms with Gasteiger partial charge in [0, 0.05) is 25.9 Å². The van der Waals surface area contributed by atoms with Crippen molar-refractivity contribution in [1.29, 1.82) is 0 Å². The molecular weight excluding hydrogens is 356 g/mol. The molecule has 154 valence electrons. The molecule has 1 aromatic rings. The number of hydrogen-bond acceptors (Lipinski definition) is 5. The summed E-state index contributed by atoms with van der Waals surface area (Å²) in [6.45, 7) is 3.61. The summed E-state index contributed by atoms with van der Waals surface area (Å²) in [6, 6.07) is 9.76. The molecule has 1 aromatic carbocycles. The Labute approximate surface area is 167 Å². The van der Waals surface area contributed by atoms with E-state index in [0.717, 1.165) is 69.4 Å². The van der Waals surface area contributed by atoms with Gasteiger partial charge in [0.15, 0.2) is 5.79 Å². The minimum atomic E-state index is -0.364. The third-order valence-electron chi connectivity index (χ3n) is 6.42. The van der Waals surface area contributed by atoms with E-state index in [2.05, 4.69) is 5.43 Å². The smallest absolute Gasteiger partial charge is 0.422 e. The Kier molecular flexibility index (Phi) is 6.50. The fraction of sp³-hybridized carbons (Fsp3) is 0.682. The quantitative estimate of drug-likeness (QED) is 0.830. The van der Waals surface area contributed by atoms with Crippen LogP contribution >= 0.6 is 0 Å². The fourth-order valence-corrected chi connectivity index (χ4v) is 4.78. The van der Waals surface area contributed by atoms with Gasteiger partial charge in [-0.2, -0.15) is 0 Å². The maximum absolute atomic E-state index is 12.0. The standard InChI is InChI=1S/C22H32N2O4/c25-21(26-17-20-4-2-1-3-5-20)23-24-12-8-19(9-13-24)16-18-6-10-22(11-7-18)27-14-15-28-22/h1-5,18-19H,6-17H2,(H,23,25). The molecular formula is C22H32N2O4. The third kappa shape index (κ3) is 5.25. The highest BCUT2D eigenvalue weighted by Gasteiger charge is 2.40. The van der Waals surface area contributed by atoms with Gasteiger partial charge in [0.25, 0.3) is 0 Å². The van der Waals surface area contributed by atoms with Crippen LogP contribution in [0, 0.1) is 11.8 Å². The zero-order valence-electron chi connectivity index (χ0n) is 16.6. The van der Waals surface area contributed by atoms with Crippen molar-refractivity contribution in [3.05, 3.63) is 35.9 Å². The summed E-state index contributed by atoms with van der Waals surface area (Å²) in [5.74, 6) is 1.30. The molecule has 1 saturated carbocycles. The molecule has 28 heavy (non-hydrogen) atoms. The van der Waals surface area contributed by atoms with Crippen molar-refractivity contribution in [2.45, 2.75) is 57.3 Å². The Bertz CT molecular complexity index is 615. The molecule has 1 spiro atoms. The summed E-state index contributed by atoms with van der Waals surface area (Å²) in [5.41, 5.74) is 3.88. The normalized spacial score (nSPS) is 23.7. The molecule has 0 atom stereocenters. The second kappa shape index (κ2) is 9.25. The molecule has 3 aliphatic rings. The second-order valence-electron chi connectivity index (χ2n) is 8.39. The first-order valence-electron chi connectivity index (χ1n) is 10.7. The van der Waals surface area contributed by atoms with Gasteiger partial charge >= 0.3 is 6.09 Å². The summed E-state index contributed by atoms with van der Waals surface area (Å²) >= 11 is 0. The van der Waals surface area contributed by atoms with Gasteiger partial charge in [0.2, 0.25) is 0 Å². The highest BCUT2D eigenvalue weighted by molar-refractivity contribution is 5.66. The monoisotopic (exact) mass is 388 g/mol. The van der Waals surface area contributed by atoms with Crippen LogP contribution in [0.2, 0.25) is 0 Å². The van der Waals surface area contributed by atoms with Crippen LogP contribution in [-0.4, -0.2) is 43.2 Å². The van der Waals surface area contributed by atoms with Crippen molar-refractivity contribution < 1.29 is 19.0 Å². The van der Waals surface area contributed by atoms with Gasteiger partial charge in [0.1, 0.15) is 6.61 Å². The largest absolute Gasteiger partial charge is 0.444 e. The molecule has 2 aliphatic heterocycles. The van der Waals surface area contributed by atoms with Crippen LogP contribution in [0.5, 0.6) is 0 Å². The number of hydrogen-bond donors (Lipinski definition) is 1. The summed E-state index contributed by atoms with van der Waals surface area (Å²) in [6.07, 6.45) is 7.71. The SMILES string of the molecule is O=C(NN1CCC(CC2CCC3(CC2)OCCO3)CC1)OCc1ccccc1. The molecule has 0 bridgehead atoms. The lowest BCUT2D eigenvalue weighted by Crippen LogP contribution is -2.47. The van der Waals surface area contributed by atoms with E-state index in [4.69, 9.17) is 14.2 Å². The lowest BCUT2D eigenvalue weighted by atomic mass is 9.78. The van der Waals surface area contributed by atoms with Crippen molar-refractivity contribution in [1.82, 2.24) is 10.4 Å². The van der Waals surface area contributed by atoms with Gasteiger partial charge in [-0.15, -0.1) is 0 Å². The molecule has 1 N–H and O–H groups in total. The minimum absolute atomic E-state index is 0.246. The van der Waals surface area contributed by atoms with Crippen molar-refractivity contribution in [2.75, 3.05) is 26.3 Å². The Morgan fingerprint density at radius 3 is 2.36 bits per heavy atom. The number of nitrogens with zero attached hydrogens (tertiary/aromatic N) is 1. The topological polar surface area (TPSA) is 60.0 Å². The summed E-state index contributed by atoms with van der Waals surface area (Å²) in [4.78, 5) is 12.0. The van der Waals surface area contributed by atoms with E-state index >= 15 is 0 Å². The second-order valence-corrected chi connectivity index (χ2v) is 8.39. The zero-order valence-corrected chi connectivity index (χ0v) is 16.6. The number of carbonyl (C=O) groups is 1. The predicted molar refractivity (Wildman–Crippen MR) is 105 cm³/mol. The van der Waals surface area contributed by atoms with Crippen molar-refractivity contribution >= 4 is 6.09 Å². The number of piperidine rings is 1. The highest BCUT2D eigenvalue weighted by Crippen LogP contribution is 2.41. The van der Waals surface area contributed by atoms with Gasteiger partial charge in [-0.3, -0.25) is 5.43 Å². The zero-order chi connectivity index (χ0) is 19.2. The van der Waals surface area contributed by atoms with E-state index in [1.54, 1.807) is 0 Å². The first-order valence-corrected chi connectivity index (χ1v) is 10.7. The average molecular weight is 389 g/mol. The molecule has 1 aliphatic carbocycles. The molecule has 6 nitrogen and oxygen atoms in total. The fourth-order valence-electron chi connectivity index (χ4n) is 4.78. The predicted octanol–water partition coefficient (Wildman–Crippen LogP) is 3.86. The molecule has 2 saturated heterocycles. The van der Waals surface area contributed by atoms with Gasteiger partial charge < -0.3 is 14.2 Å². The number of amides is 1. The van der Waals surface area contributed by atoms with Gasteiger partial charge in [-0.1, -0.05) is 30.3 Å². The number of carbonyl (C=O) groups excluding carboxylic acids is 1. The average Bonchev–Trinajstić information content (AvgIpc) is 3.19. The van der Waals surface area contributed by atoms with Crippen molar-refractivity contribution in [3.63, 3.8) is 0 Å². The van der Waals surface area contributed by atoms with E-state index in [-0.39, 0.29) is 11.9 Å². The molecule has 0 unspecified atom stereocenters. The summed E-state index contributed by atoms with van der Waals surface area (Å²) in [5, 5.41) is 2.00. The third-order valence-corrected chi connectivity index (χ3v) is 6.42. The van der Waals surface area contributed by atoms with Gasteiger partial charge in [0.05, 0.1) is 13.2 Å². The number of benzene rings is 1. The first-order chi connectivity index (χ1) is 13.7. The van der Waals surface area contributed by atoms with Crippen molar-refractivity contribution in [3.8, 4) is 0 Å². The van der Waals surface area contributed by atoms with E-state index in [0.29, 0.717) is 6.61 Å². The molecule has 0 radical (unpaired) electrons. The van der Waals surface area contributed by atoms with E-state index < -0.39 is 0 Å². The van der Waals surface area contributed by atoms with Crippen LogP contribution < -0.4 is 5.43 Å². The number of ether oxygens (including phenoxy) is 3. The first kappa shape index (κ1) is 19.7. The molecule has 3 fully saturated rings. The van der Waals surface area contributed by atoms with Crippen LogP contribution in [0.4, 0.5) is 4.79 Å². The molecule has 6 heteroatoms. The lowest BCUT2D eigenvalue weighted by molar-refractivity contribution is -0.183. The van der Waals surface area contributed by atoms with E-state index in [9.17, 15) is 4.79 Å². The molecule has 2 heterocycles. The Morgan fingerprint density at radius 2 is 1.68 bits per heavy atom. The Balaban J connectivity index is 1.12. The Hall–Kier alpha value is -1.63. The number of hydrazine groups is 1. The molecule has 4 rings (SSSR count). The summed E-state index contributed by atoms with van der Waals surface area (Å²) < 4.78 is 17.0. The summed E-state index contributed by atoms with van der Waals surface area (Å²) in [7, 11) is 0. The van der Waals surface area contributed by atoms with Gasteiger partial charge in [-0.05, 0) is 49.5 Å². The van der Waals surface area contributed by atoms with Crippen molar-refractivity contribution in [2.24, 2.45) is 11.8 Å². The molecule has 1 amide bonds. The maximum Gasteiger partial charge on any atom is 0.422 e. The number of rotatable bonds is 5. The van der Waals surface area contributed by atoms with E-state index in [1.165, 1.54) is 19.3 Å². The van der Waals surface area contributed by atoms with Crippen LogP contribution in [0.3, 0.4) is 0 Å². The number of nitrogens with one attached hydrogen (secondary N) is 1. The Morgan fingerprint density at radius 1 is 1.04 bits per heavy atom.